The summed E-state index contributed by atoms with van der Waals surface area (Å²) in [5.74, 6) is 0. The van der Waals surface area contributed by atoms with E-state index in [0.29, 0.717) is 0 Å². The van der Waals surface area contributed by atoms with Gasteiger partial charge in [-0.2, -0.15) is 12.6 Å². The Morgan fingerprint density at radius 3 is 1.08 bits per heavy atom. The molecule has 0 bridgehead atoms. The SMILES string of the molecule is CO[C@@H]1O[C@@H](CO)[C@@H](O[C@@H]2OC(CO)[C@@H](O)[C@H](O)C2O)C(O)C1O.CO[C@@H]1O[C@@H](COS(=O)(=O)[O-])[C@@H](O[C@@H]2OC(COS(=O)(=O)[O-])[C@@H](OO[O-])[C@H](OO[O-])C2OS(=O)(=O)[O-])C(OO[O-])C1OS(=O)(=O)[O-].O=S.O=S.O=S.[CH3+].[CH3+].[CH3+].[CH3+].[CH3+].[CH3+].[CH3+]. The molecule has 83 heavy (non-hydrogen) atoms. The molecule has 7 N–H and O–H groups in total. The summed E-state index contributed by atoms with van der Waals surface area (Å²) in [4.78, 5) is 12.7. The largest absolute Gasteiger partial charge is 0.726 e. The molecule has 4 fully saturated rings. The molecular formula is C33H62O43S7. The number of hydrogen-bond acceptors (Lipinski definition) is 46. The number of ether oxygens (including phenoxy) is 8. The molecule has 0 amide bonds. The normalized spacial score (nSPS) is 33.0. The molecule has 494 valence electrons. The minimum atomic E-state index is -6.00. The van der Waals surface area contributed by atoms with Crippen molar-refractivity contribution < 1.29 is 200 Å². The first-order valence-electron chi connectivity index (χ1n) is 18.9. The van der Waals surface area contributed by atoms with Gasteiger partial charge in [-0.3, -0.25) is 31.8 Å². The van der Waals surface area contributed by atoms with E-state index in [1.165, 1.54) is 7.11 Å². The van der Waals surface area contributed by atoms with Crippen molar-refractivity contribution in [3.8, 4) is 0 Å². The number of hydrogen-bond donors (Lipinski definition) is 7. The van der Waals surface area contributed by atoms with E-state index in [1.807, 2.05) is 0 Å². The van der Waals surface area contributed by atoms with Crippen LogP contribution in [0.25, 0.3) is 0 Å². The summed E-state index contributed by atoms with van der Waals surface area (Å²) < 4.78 is 216. The second-order valence-corrected chi connectivity index (χ2v) is 18.0. The second kappa shape index (κ2) is 45.9. The van der Waals surface area contributed by atoms with Crippen molar-refractivity contribution in [3.05, 3.63) is 52.0 Å². The zero-order chi connectivity index (χ0) is 59.1. The third kappa shape index (κ3) is 30.9. The minimum Gasteiger partial charge on any atom is -0.726 e. The summed E-state index contributed by atoms with van der Waals surface area (Å²) in [6.07, 6.45) is -39.2. The first-order chi connectivity index (χ1) is 35.5. The summed E-state index contributed by atoms with van der Waals surface area (Å²) in [5, 5.41) is 110. The van der Waals surface area contributed by atoms with E-state index >= 15 is 0 Å². The van der Waals surface area contributed by atoms with Gasteiger partial charge in [-0.25, -0.2) is 48.3 Å². The van der Waals surface area contributed by atoms with Gasteiger partial charge < -0.3 is 108 Å². The van der Waals surface area contributed by atoms with Crippen molar-refractivity contribution in [2.75, 3.05) is 40.6 Å². The molecule has 0 aromatic heterocycles. The lowest BCUT2D eigenvalue weighted by Crippen LogP contribution is -2.67. The highest BCUT2D eigenvalue weighted by Crippen LogP contribution is 2.36. The standard InChI is InChI=1S/C13H24O29S4.C13H24O11.7CH3.3OS/c1-29-12-10(38-45(23,24)25)8(36-41-15)6(4(32-12)2-30-43(17,18)19)34-13-11(39-46(26,27)28)9(37-42-16)7(35-40-14)5(33-13)3-31-44(20,21)22;1-21-12-10(20)8(18)11(5(3-15)23-12)24-13-9(19)7(17)6(16)4(2-14)22-13;;;;;;;;3*1-2/h4-16H,2-3H2,1H3,(H,17,18,19)(H,20,21,22)(H,23,24,25)(H,26,27,28);4-20H,2-3H2,1H3;7*1H3;;;/q;;7*+1;;;/p-7/t4-,5?,6+,7+,8?,9-,10?,11?,12+,13-;4?,5-,6+,7-,8?,9?,10?,11+,12+,13-;;;;;;;;;;/m00........../s1. The molecular weight excluding hydrogens is 1310 g/mol. The average molecular weight is 1370 g/mol. The van der Waals surface area contributed by atoms with Crippen LogP contribution in [-0.4, -0.2) is 264 Å². The Morgan fingerprint density at radius 1 is 0.386 bits per heavy atom. The average Bonchev–Trinajstić information content (AvgIpc) is 3.35. The second-order valence-electron chi connectivity index (χ2n) is 13.9. The lowest BCUT2D eigenvalue weighted by molar-refractivity contribution is -0.823. The summed E-state index contributed by atoms with van der Waals surface area (Å²) >= 11 is 8.50. The monoisotopic (exact) mass is 1370 g/mol. The molecule has 4 heterocycles. The van der Waals surface area contributed by atoms with E-state index < -0.39 is 191 Å². The lowest BCUT2D eigenvalue weighted by atomic mass is 9.97. The van der Waals surface area contributed by atoms with Crippen molar-refractivity contribution >= 4 is 79.2 Å². The van der Waals surface area contributed by atoms with Gasteiger partial charge in [0.15, 0.2) is 93.3 Å². The van der Waals surface area contributed by atoms with Crippen LogP contribution in [0.2, 0.25) is 0 Å². The van der Waals surface area contributed by atoms with Gasteiger partial charge in [-0.15, -0.1) is 0 Å². The summed E-state index contributed by atoms with van der Waals surface area (Å²) in [6, 6.07) is 0. The Morgan fingerprint density at radius 2 is 0.711 bits per heavy atom. The fourth-order valence-corrected chi connectivity index (χ4v) is 8.19. The van der Waals surface area contributed by atoms with Gasteiger partial charge in [0.25, 0.3) is 0 Å². The molecule has 4 aliphatic heterocycles. The highest BCUT2D eigenvalue weighted by Gasteiger charge is 2.57. The van der Waals surface area contributed by atoms with Gasteiger partial charge in [-0.1, -0.05) is 0 Å². The van der Waals surface area contributed by atoms with Gasteiger partial charge in [0.2, 0.25) is 41.6 Å². The minimum absolute atomic E-state index is 0. The molecule has 0 aromatic carbocycles. The molecule has 43 nitrogen and oxygen atoms in total. The topological polar surface area (TPSA) is 657 Å². The number of rotatable bonds is 24. The maximum Gasteiger partial charge on any atom is 0.218 e. The van der Waals surface area contributed by atoms with Crippen molar-refractivity contribution in [1.29, 1.82) is 0 Å². The molecule has 0 radical (unpaired) electrons. The smallest absolute Gasteiger partial charge is 0.218 e. The van der Waals surface area contributed by atoms with Crippen LogP contribution in [0.3, 0.4) is 0 Å². The van der Waals surface area contributed by atoms with Crippen LogP contribution in [0.4, 0.5) is 0 Å². The highest BCUT2D eigenvalue weighted by molar-refractivity contribution is 7.81. The third-order valence-electron chi connectivity index (χ3n) is 9.56. The predicted octanol–water partition coefficient (Wildman–Crippen LogP) is -11.7. The maximum absolute atomic E-state index is 11.5. The van der Waals surface area contributed by atoms with E-state index in [9.17, 15) is 98.3 Å². The van der Waals surface area contributed by atoms with E-state index in [4.69, 9.17) is 55.6 Å². The lowest BCUT2D eigenvalue weighted by Gasteiger charge is -2.49. The van der Waals surface area contributed by atoms with Crippen LogP contribution in [0.15, 0.2) is 0 Å². The fraction of sp³-hybridized carbons (Fsp3) is 0.788. The number of aliphatic hydroxyl groups excluding tert-OH is 7. The van der Waals surface area contributed by atoms with Crippen LogP contribution in [0, 0.1) is 52.0 Å². The van der Waals surface area contributed by atoms with E-state index in [-0.39, 0.29) is 52.0 Å². The van der Waals surface area contributed by atoms with E-state index in [0.717, 1.165) is 7.11 Å². The molecule has 0 aromatic rings. The summed E-state index contributed by atoms with van der Waals surface area (Å²) in [7, 11) is -21.1. The van der Waals surface area contributed by atoms with E-state index in [2.05, 4.69) is 84.1 Å². The Balaban J connectivity index is -0.000000216. The predicted molar refractivity (Wildman–Crippen MR) is 250 cm³/mol. The van der Waals surface area contributed by atoms with Crippen molar-refractivity contribution in [2.24, 2.45) is 0 Å². The molecule has 8 unspecified atom stereocenters. The maximum atomic E-state index is 11.5. The van der Waals surface area contributed by atoms with Gasteiger partial charge in [0.05, 0.1) is 26.4 Å². The van der Waals surface area contributed by atoms with Crippen LogP contribution in [0.5, 0.6) is 0 Å². The molecule has 50 heteroatoms. The summed E-state index contributed by atoms with van der Waals surface area (Å²) in [6.45, 7) is -4.28. The zero-order valence-corrected chi connectivity index (χ0v) is 49.8. The van der Waals surface area contributed by atoms with Crippen LogP contribution >= 0.6 is 0 Å². The molecule has 4 aliphatic rings. The van der Waals surface area contributed by atoms with Crippen LogP contribution in [0.1, 0.15) is 0 Å². The molecule has 0 aliphatic carbocycles. The Bertz CT molecular complexity index is 2080. The zero-order valence-electron chi connectivity index (χ0n) is 44.1. The third-order valence-corrected chi connectivity index (χ3v) is 11.3. The fourth-order valence-electron chi connectivity index (χ4n) is 6.64. The van der Waals surface area contributed by atoms with Gasteiger partial charge in [0.1, 0.15) is 67.1 Å². The van der Waals surface area contributed by atoms with Crippen LogP contribution in [-0.2, 0) is 164 Å². The molecule has 4 rings (SSSR count). The quantitative estimate of drug-likeness (QED) is 0.0155. The van der Waals surface area contributed by atoms with Crippen molar-refractivity contribution in [3.63, 3.8) is 0 Å². The van der Waals surface area contributed by atoms with Crippen molar-refractivity contribution in [1.82, 2.24) is 0 Å². The summed E-state index contributed by atoms with van der Waals surface area (Å²) in [5.41, 5.74) is 0. The Kier molecular flexibility index (Phi) is 53.6. The molecule has 0 spiro atoms. The molecule has 20 atom stereocenters. The number of methoxy groups -OCH3 is 2. The van der Waals surface area contributed by atoms with Crippen molar-refractivity contribution in [2.45, 2.75) is 123 Å². The van der Waals surface area contributed by atoms with E-state index in [1.54, 1.807) is 0 Å². The van der Waals surface area contributed by atoms with Gasteiger partial charge in [0, 0.05) is 66.2 Å². The Hall–Kier alpha value is -2.33. The first-order valence-corrected chi connectivity index (χ1v) is 25.3. The Labute approximate surface area is 493 Å². The van der Waals surface area contributed by atoms with Gasteiger partial charge >= 0.3 is 0 Å². The number of aliphatic hydroxyl groups is 7. The first kappa shape index (κ1) is 97.0. The molecule has 4 saturated heterocycles. The highest BCUT2D eigenvalue weighted by atomic mass is 32.3. The van der Waals surface area contributed by atoms with Crippen LogP contribution < -0.4 is 15.8 Å². The van der Waals surface area contributed by atoms with Gasteiger partial charge in [-0.05, 0) is 0 Å². The molecule has 0 saturated carbocycles.